The molecule has 0 aliphatic rings. The molecule has 0 aromatic carbocycles. The summed E-state index contributed by atoms with van der Waals surface area (Å²) in [5, 5.41) is 48.4. The molecule has 0 bridgehead atoms. The minimum atomic E-state index is -1.13. The first kappa shape index (κ1) is 16.6. The Bertz CT molecular complexity index is 690. The standard InChI is InChI=1S/C8H12N12O4/c1-17(7-9-11-13-19(7)3-5(21)22)15-16-18(2)8-10-12-14-20(8)4-6(23)24/h3-4H2,1-2H3,(H,21,22)(H,23,24)/b16-15+. The molecule has 0 atom stereocenters. The summed E-state index contributed by atoms with van der Waals surface area (Å²) in [6.45, 7) is -0.899. The maximum Gasteiger partial charge on any atom is 0.325 e. The van der Waals surface area contributed by atoms with E-state index in [1.165, 1.54) is 14.1 Å². The van der Waals surface area contributed by atoms with Crippen LogP contribution in [-0.4, -0.2) is 76.7 Å². The van der Waals surface area contributed by atoms with E-state index in [2.05, 4.69) is 41.5 Å². The molecule has 2 aromatic rings. The monoisotopic (exact) mass is 340 g/mol. The first-order chi connectivity index (χ1) is 11.4. The second-order valence-corrected chi connectivity index (χ2v) is 4.29. The van der Waals surface area contributed by atoms with Gasteiger partial charge in [0.2, 0.25) is 0 Å². The smallest absolute Gasteiger partial charge is 0.325 e. The van der Waals surface area contributed by atoms with E-state index in [-0.39, 0.29) is 11.9 Å². The summed E-state index contributed by atoms with van der Waals surface area (Å²) in [5.41, 5.74) is 0. The highest BCUT2D eigenvalue weighted by Gasteiger charge is 2.16. The quantitative estimate of drug-likeness (QED) is 0.385. The van der Waals surface area contributed by atoms with Gasteiger partial charge in [0, 0.05) is 14.1 Å². The Balaban J connectivity index is 2.10. The Morgan fingerprint density at radius 1 is 0.917 bits per heavy atom. The number of aromatic nitrogens is 8. The van der Waals surface area contributed by atoms with Gasteiger partial charge in [-0.2, -0.15) is 9.36 Å². The molecule has 16 nitrogen and oxygen atoms in total. The molecule has 128 valence electrons. The number of hydrogen-bond donors (Lipinski definition) is 2. The predicted molar refractivity (Wildman–Crippen MR) is 72.6 cm³/mol. The number of aliphatic carboxylic acids is 2. The molecule has 0 fully saturated rings. The van der Waals surface area contributed by atoms with Crippen LogP contribution in [0.3, 0.4) is 0 Å². The number of rotatable bonds is 8. The van der Waals surface area contributed by atoms with Gasteiger partial charge in [-0.3, -0.25) is 9.59 Å². The summed E-state index contributed by atoms with van der Waals surface area (Å²) < 4.78 is 2.02. The van der Waals surface area contributed by atoms with Crippen LogP contribution in [0.15, 0.2) is 10.4 Å². The summed E-state index contributed by atoms with van der Waals surface area (Å²) in [6, 6.07) is 0. The third-order valence-electron chi connectivity index (χ3n) is 2.48. The zero-order chi connectivity index (χ0) is 17.7. The van der Waals surface area contributed by atoms with E-state index in [9.17, 15) is 9.59 Å². The number of hydrogen-bond acceptors (Lipinski definition) is 10. The normalized spacial score (nSPS) is 10.9. The Morgan fingerprint density at radius 3 is 1.62 bits per heavy atom. The van der Waals surface area contributed by atoms with Crippen molar-refractivity contribution in [3.63, 3.8) is 0 Å². The molecule has 24 heavy (non-hydrogen) atoms. The fourth-order valence-electron chi connectivity index (χ4n) is 1.52. The number of carbonyl (C=O) groups is 2. The van der Waals surface area contributed by atoms with E-state index in [0.717, 1.165) is 19.4 Å². The van der Waals surface area contributed by atoms with E-state index in [1.807, 2.05) is 0 Å². The summed E-state index contributed by atoms with van der Waals surface area (Å²) in [5.74, 6) is -2.17. The predicted octanol–water partition coefficient (Wildman–Crippen LogP) is -2.32. The van der Waals surface area contributed by atoms with Crippen LogP contribution < -0.4 is 10.0 Å². The molecule has 2 aromatic heterocycles. The van der Waals surface area contributed by atoms with Gasteiger partial charge in [-0.1, -0.05) is 10.2 Å². The van der Waals surface area contributed by atoms with Crippen LogP contribution >= 0.6 is 0 Å². The molecule has 2 N–H and O–H groups in total. The first-order valence-electron chi connectivity index (χ1n) is 6.23. The zero-order valence-corrected chi connectivity index (χ0v) is 12.5. The van der Waals surface area contributed by atoms with Crippen LogP contribution in [0, 0.1) is 0 Å². The average molecular weight is 340 g/mol. The maximum absolute atomic E-state index is 10.7. The van der Waals surface area contributed by atoms with Crippen LogP contribution in [0.2, 0.25) is 0 Å². The van der Waals surface area contributed by atoms with Gasteiger partial charge in [0.15, 0.2) is 0 Å². The van der Waals surface area contributed by atoms with Gasteiger partial charge in [0.1, 0.15) is 13.1 Å². The van der Waals surface area contributed by atoms with Crippen LogP contribution in [-0.2, 0) is 22.7 Å². The summed E-state index contributed by atoms with van der Waals surface area (Å²) >= 11 is 0. The minimum Gasteiger partial charge on any atom is -0.480 e. The number of carboxylic acids is 2. The molecule has 2 heterocycles. The fraction of sp³-hybridized carbons (Fsp3) is 0.500. The molecule has 2 rings (SSSR count). The lowest BCUT2D eigenvalue weighted by Crippen LogP contribution is -2.21. The molecule has 0 saturated heterocycles. The Labute approximate surface area is 132 Å². The maximum atomic E-state index is 10.7. The van der Waals surface area contributed by atoms with Crippen molar-refractivity contribution in [2.45, 2.75) is 13.1 Å². The van der Waals surface area contributed by atoms with Crippen molar-refractivity contribution in [3.05, 3.63) is 0 Å². The molecular formula is C8H12N12O4. The van der Waals surface area contributed by atoms with Gasteiger partial charge >= 0.3 is 11.9 Å². The van der Waals surface area contributed by atoms with E-state index < -0.39 is 25.0 Å². The molecule has 16 heteroatoms. The molecule has 0 aliphatic carbocycles. The Hall–Kier alpha value is -3.72. The highest BCUT2D eigenvalue weighted by Crippen LogP contribution is 2.10. The zero-order valence-electron chi connectivity index (χ0n) is 12.5. The highest BCUT2D eigenvalue weighted by molar-refractivity contribution is 5.67. The van der Waals surface area contributed by atoms with E-state index in [4.69, 9.17) is 10.2 Å². The Morgan fingerprint density at radius 2 is 1.29 bits per heavy atom. The fourth-order valence-corrected chi connectivity index (χ4v) is 1.52. The lowest BCUT2D eigenvalue weighted by molar-refractivity contribution is -0.138. The van der Waals surface area contributed by atoms with Crippen molar-refractivity contribution in [1.29, 1.82) is 0 Å². The SMILES string of the molecule is CN(/N=N/N(C)c1nnnn1CC(=O)O)c1nnnn1CC(=O)O. The molecule has 0 aliphatic heterocycles. The van der Waals surface area contributed by atoms with E-state index in [0.29, 0.717) is 0 Å². The topological polar surface area (TPSA) is 193 Å². The highest BCUT2D eigenvalue weighted by atomic mass is 16.4. The summed E-state index contributed by atoms with van der Waals surface area (Å²) in [7, 11) is 2.89. The molecule has 0 radical (unpaired) electrons. The largest absolute Gasteiger partial charge is 0.480 e. The van der Waals surface area contributed by atoms with Crippen molar-refractivity contribution in [3.8, 4) is 0 Å². The van der Waals surface area contributed by atoms with Crippen molar-refractivity contribution in [1.82, 2.24) is 40.4 Å². The molecule has 0 unspecified atom stereocenters. The lowest BCUT2D eigenvalue weighted by Gasteiger charge is -2.12. The third kappa shape index (κ3) is 3.93. The molecular weight excluding hydrogens is 328 g/mol. The first-order valence-corrected chi connectivity index (χ1v) is 6.23. The van der Waals surface area contributed by atoms with Gasteiger partial charge in [-0.05, 0) is 31.3 Å². The van der Waals surface area contributed by atoms with Crippen molar-refractivity contribution in [2.24, 2.45) is 10.4 Å². The Kier molecular flexibility index (Phi) is 4.87. The summed E-state index contributed by atoms with van der Waals surface area (Å²) in [4.78, 5) is 21.4. The van der Waals surface area contributed by atoms with E-state index >= 15 is 0 Å². The van der Waals surface area contributed by atoms with Gasteiger partial charge in [0.05, 0.1) is 0 Å². The second-order valence-electron chi connectivity index (χ2n) is 4.29. The van der Waals surface area contributed by atoms with Gasteiger partial charge in [-0.25, -0.2) is 10.0 Å². The average Bonchev–Trinajstić information content (AvgIpc) is 3.12. The van der Waals surface area contributed by atoms with Crippen LogP contribution in [0.5, 0.6) is 0 Å². The molecule has 0 spiro atoms. The number of anilines is 2. The van der Waals surface area contributed by atoms with Crippen LogP contribution in [0.4, 0.5) is 11.9 Å². The molecule has 0 saturated carbocycles. The van der Waals surface area contributed by atoms with Gasteiger partial charge in [-0.15, -0.1) is 0 Å². The third-order valence-corrected chi connectivity index (χ3v) is 2.48. The lowest BCUT2D eigenvalue weighted by atomic mass is 10.6. The van der Waals surface area contributed by atoms with Gasteiger partial charge < -0.3 is 10.2 Å². The van der Waals surface area contributed by atoms with Crippen LogP contribution in [0.25, 0.3) is 0 Å². The number of tetrazole rings is 2. The minimum absolute atomic E-state index is 0.0414. The number of carboxylic acid groups (broad SMARTS) is 2. The molecule has 0 amide bonds. The number of nitrogens with zero attached hydrogens (tertiary/aromatic N) is 12. The van der Waals surface area contributed by atoms with E-state index in [1.54, 1.807) is 0 Å². The van der Waals surface area contributed by atoms with Crippen LogP contribution in [0.1, 0.15) is 0 Å². The van der Waals surface area contributed by atoms with Crippen molar-refractivity contribution in [2.75, 3.05) is 24.1 Å². The summed E-state index contributed by atoms with van der Waals surface area (Å²) in [6.07, 6.45) is 0. The van der Waals surface area contributed by atoms with Crippen molar-refractivity contribution >= 4 is 23.8 Å². The van der Waals surface area contributed by atoms with Gasteiger partial charge in [0.25, 0.3) is 11.9 Å². The van der Waals surface area contributed by atoms with Crippen molar-refractivity contribution < 1.29 is 19.8 Å². The second kappa shape index (κ2) is 7.03.